The molecule has 0 bridgehead atoms. The summed E-state index contributed by atoms with van der Waals surface area (Å²) in [6, 6.07) is 7.09. The number of rotatable bonds is 4. The van der Waals surface area contributed by atoms with Crippen LogP contribution in [0.1, 0.15) is 12.0 Å². The Morgan fingerprint density at radius 2 is 2.25 bits per heavy atom. The van der Waals surface area contributed by atoms with Crippen molar-refractivity contribution in [2.24, 2.45) is 0 Å². The second kappa shape index (κ2) is 4.89. The Balaban J connectivity index is 2.40. The average Bonchev–Trinajstić information content (AvgIpc) is 2.80. The third-order valence-corrected chi connectivity index (χ3v) is 2.74. The molecule has 6 heteroatoms. The molecule has 1 aliphatic heterocycles. The number of benzene rings is 1. The van der Waals surface area contributed by atoms with Gasteiger partial charge in [0.2, 0.25) is 5.79 Å². The average molecular weight is 242 g/mol. The predicted molar refractivity (Wildman–Crippen MR) is 55.0 cm³/mol. The van der Waals surface area contributed by atoms with Crippen molar-refractivity contribution in [2.75, 3.05) is 13.7 Å². The third-order valence-electron chi connectivity index (χ3n) is 2.47. The van der Waals surface area contributed by atoms with Crippen molar-refractivity contribution < 1.29 is 23.6 Å². The summed E-state index contributed by atoms with van der Waals surface area (Å²) >= 11 is 0. The molecule has 0 radical (unpaired) electrons. The van der Waals surface area contributed by atoms with Gasteiger partial charge in [-0.2, -0.15) is 4.89 Å². The standard InChI is InChI=1S/C10H11O5P/c1-12-10(6-7-13-15-10)8-4-2-3-5-9(8)14-16-11/h2-5H,6-7H2,1H3. The summed E-state index contributed by atoms with van der Waals surface area (Å²) in [7, 11) is 1.11. The van der Waals surface area contributed by atoms with E-state index in [1.807, 2.05) is 6.07 Å². The Bertz CT molecular complexity index is 375. The van der Waals surface area contributed by atoms with Crippen LogP contribution in [0.5, 0.6) is 5.75 Å². The van der Waals surface area contributed by atoms with Crippen LogP contribution in [0, 0.1) is 0 Å². The maximum Gasteiger partial charge on any atom is 0.395 e. The molecule has 2 rings (SSSR count). The first-order valence-corrected chi connectivity index (χ1v) is 5.50. The van der Waals surface area contributed by atoms with E-state index in [0.29, 0.717) is 24.3 Å². The summed E-state index contributed by atoms with van der Waals surface area (Å²) in [4.78, 5) is 10.0. The molecule has 0 amide bonds. The minimum atomic E-state index is -0.971. The van der Waals surface area contributed by atoms with E-state index in [-0.39, 0.29) is 0 Å². The van der Waals surface area contributed by atoms with Crippen molar-refractivity contribution in [1.29, 1.82) is 0 Å². The first kappa shape index (κ1) is 11.5. The molecule has 1 fully saturated rings. The van der Waals surface area contributed by atoms with Gasteiger partial charge in [0.25, 0.3) is 0 Å². The minimum absolute atomic E-state index is 0.416. The first-order chi connectivity index (χ1) is 7.82. The van der Waals surface area contributed by atoms with Gasteiger partial charge in [-0.1, -0.05) is 12.1 Å². The second-order valence-corrected chi connectivity index (χ2v) is 3.61. The van der Waals surface area contributed by atoms with Crippen LogP contribution >= 0.6 is 8.69 Å². The van der Waals surface area contributed by atoms with Crippen LogP contribution in [0.15, 0.2) is 24.3 Å². The molecule has 5 nitrogen and oxygen atoms in total. The van der Waals surface area contributed by atoms with Gasteiger partial charge < -0.3 is 9.26 Å². The lowest BCUT2D eigenvalue weighted by molar-refractivity contribution is -0.381. The van der Waals surface area contributed by atoms with E-state index in [0.717, 1.165) is 0 Å². The molecule has 0 aliphatic carbocycles. The van der Waals surface area contributed by atoms with E-state index in [2.05, 4.69) is 0 Å². The highest BCUT2D eigenvalue weighted by Crippen LogP contribution is 2.40. The summed E-state index contributed by atoms with van der Waals surface area (Å²) in [6.07, 6.45) is 0.555. The number of methoxy groups -OCH3 is 1. The molecule has 1 atom stereocenters. The molecule has 1 heterocycles. The topological polar surface area (TPSA) is 54.0 Å². The van der Waals surface area contributed by atoms with E-state index in [1.54, 1.807) is 18.2 Å². The fourth-order valence-electron chi connectivity index (χ4n) is 1.68. The molecule has 86 valence electrons. The van der Waals surface area contributed by atoms with Gasteiger partial charge in [-0.15, -0.1) is 0 Å². The van der Waals surface area contributed by atoms with Crippen LogP contribution in [0.2, 0.25) is 0 Å². The first-order valence-electron chi connectivity index (χ1n) is 4.77. The lowest BCUT2D eigenvalue weighted by Gasteiger charge is -2.25. The lowest BCUT2D eigenvalue weighted by Crippen LogP contribution is -2.27. The zero-order chi connectivity index (χ0) is 11.4. The quantitative estimate of drug-likeness (QED) is 0.599. The molecule has 1 aromatic rings. The Morgan fingerprint density at radius 3 is 2.88 bits per heavy atom. The van der Waals surface area contributed by atoms with Crippen molar-refractivity contribution >= 4 is 8.69 Å². The molecular weight excluding hydrogens is 231 g/mol. The lowest BCUT2D eigenvalue weighted by atomic mass is 10.0. The molecule has 1 saturated heterocycles. The van der Waals surface area contributed by atoms with Crippen LogP contribution in [-0.2, 0) is 24.9 Å². The molecular formula is C10H11O5P. The Morgan fingerprint density at radius 1 is 1.44 bits per heavy atom. The van der Waals surface area contributed by atoms with Gasteiger partial charge in [-0.05, 0) is 12.1 Å². The Kier molecular flexibility index (Phi) is 3.51. The molecule has 0 spiro atoms. The summed E-state index contributed by atoms with van der Waals surface area (Å²) in [5.41, 5.74) is 0.665. The molecule has 1 aliphatic rings. The van der Waals surface area contributed by atoms with Crippen molar-refractivity contribution in [3.8, 4) is 5.75 Å². The SMILES string of the molecule is COC1(c2ccccc2OP=O)CCOO1. The second-order valence-electron chi connectivity index (χ2n) is 3.27. The van der Waals surface area contributed by atoms with E-state index in [4.69, 9.17) is 19.0 Å². The van der Waals surface area contributed by atoms with Gasteiger partial charge in [0.05, 0.1) is 12.2 Å². The Hall–Kier alpha value is -1.00. The zero-order valence-corrected chi connectivity index (χ0v) is 9.61. The number of hydrogen-bond acceptors (Lipinski definition) is 5. The van der Waals surface area contributed by atoms with Gasteiger partial charge in [-0.3, -0.25) is 0 Å². The summed E-state index contributed by atoms with van der Waals surface area (Å²) < 4.78 is 20.8. The van der Waals surface area contributed by atoms with E-state index < -0.39 is 14.5 Å². The third kappa shape index (κ3) is 1.95. The molecule has 0 saturated carbocycles. The molecule has 1 aromatic carbocycles. The fraction of sp³-hybridized carbons (Fsp3) is 0.400. The van der Waals surface area contributed by atoms with Crippen LogP contribution < -0.4 is 4.52 Å². The van der Waals surface area contributed by atoms with Crippen molar-refractivity contribution in [1.82, 2.24) is 0 Å². The predicted octanol–water partition coefficient (Wildman–Crippen LogP) is 2.42. The van der Waals surface area contributed by atoms with Crippen LogP contribution in [0.3, 0.4) is 0 Å². The van der Waals surface area contributed by atoms with Gasteiger partial charge in [0, 0.05) is 13.5 Å². The molecule has 1 unspecified atom stereocenters. The van der Waals surface area contributed by atoms with Crippen molar-refractivity contribution in [3.63, 3.8) is 0 Å². The minimum Gasteiger partial charge on any atom is -0.407 e. The molecule has 16 heavy (non-hydrogen) atoms. The van der Waals surface area contributed by atoms with Crippen LogP contribution in [-0.4, -0.2) is 13.7 Å². The Labute approximate surface area is 94.5 Å². The highest BCUT2D eigenvalue weighted by Gasteiger charge is 2.41. The zero-order valence-electron chi connectivity index (χ0n) is 8.71. The number of hydrogen-bond donors (Lipinski definition) is 0. The summed E-state index contributed by atoms with van der Waals surface area (Å²) in [5, 5.41) is 0. The highest BCUT2D eigenvalue weighted by atomic mass is 31.1. The van der Waals surface area contributed by atoms with Crippen LogP contribution in [0.4, 0.5) is 0 Å². The smallest absolute Gasteiger partial charge is 0.395 e. The number of para-hydroxylation sites is 1. The highest BCUT2D eigenvalue weighted by molar-refractivity contribution is 7.17. The van der Waals surface area contributed by atoms with Gasteiger partial charge in [0.15, 0.2) is 0 Å². The molecule has 0 aromatic heterocycles. The fourth-order valence-corrected chi connectivity index (χ4v) is 1.92. The molecule has 0 N–H and O–H groups in total. The summed E-state index contributed by atoms with van der Waals surface area (Å²) in [5.74, 6) is -0.520. The van der Waals surface area contributed by atoms with Crippen LogP contribution in [0.25, 0.3) is 0 Å². The van der Waals surface area contributed by atoms with E-state index >= 15 is 0 Å². The largest absolute Gasteiger partial charge is 0.407 e. The van der Waals surface area contributed by atoms with Crippen molar-refractivity contribution in [3.05, 3.63) is 29.8 Å². The van der Waals surface area contributed by atoms with E-state index in [1.165, 1.54) is 7.11 Å². The van der Waals surface area contributed by atoms with Gasteiger partial charge >= 0.3 is 8.69 Å². The normalized spacial score (nSPS) is 24.8. The van der Waals surface area contributed by atoms with Gasteiger partial charge in [0.1, 0.15) is 5.75 Å². The maximum absolute atomic E-state index is 10.5. The van der Waals surface area contributed by atoms with Crippen molar-refractivity contribution in [2.45, 2.75) is 12.2 Å². The van der Waals surface area contributed by atoms with Gasteiger partial charge in [-0.25, -0.2) is 9.45 Å². The summed E-state index contributed by atoms with van der Waals surface area (Å²) in [6.45, 7) is 0.442. The maximum atomic E-state index is 10.5. The monoisotopic (exact) mass is 242 g/mol. The number of ether oxygens (including phenoxy) is 1. The van der Waals surface area contributed by atoms with E-state index in [9.17, 15) is 4.57 Å².